The molecule has 1 heterocycles. The van der Waals surface area contributed by atoms with E-state index >= 15 is 0 Å². The van der Waals surface area contributed by atoms with Crippen molar-refractivity contribution in [2.45, 2.75) is 52.2 Å². The minimum Gasteiger partial charge on any atom is -0.399 e. The standard InChI is InChI=1S/C14H22N2/c1-3-4-5-11(2)16-9-12-6-7-14(15)8-13(12)10-16/h6-8,11H,3-5,9-10,15H2,1-2H3. The topological polar surface area (TPSA) is 29.3 Å². The summed E-state index contributed by atoms with van der Waals surface area (Å²) in [5, 5.41) is 0. The van der Waals surface area contributed by atoms with Crippen LogP contribution in [0.3, 0.4) is 0 Å². The summed E-state index contributed by atoms with van der Waals surface area (Å²) in [5.74, 6) is 0. The van der Waals surface area contributed by atoms with Gasteiger partial charge in [-0.15, -0.1) is 0 Å². The summed E-state index contributed by atoms with van der Waals surface area (Å²) in [6.45, 7) is 6.77. The third-order valence-corrected chi connectivity index (χ3v) is 3.58. The Morgan fingerprint density at radius 1 is 1.31 bits per heavy atom. The fourth-order valence-corrected chi connectivity index (χ4v) is 2.43. The third kappa shape index (κ3) is 2.38. The van der Waals surface area contributed by atoms with E-state index < -0.39 is 0 Å². The highest BCUT2D eigenvalue weighted by Gasteiger charge is 2.22. The second-order valence-electron chi connectivity index (χ2n) is 4.92. The van der Waals surface area contributed by atoms with Crippen LogP contribution in [0.15, 0.2) is 18.2 Å². The fourth-order valence-electron chi connectivity index (χ4n) is 2.43. The van der Waals surface area contributed by atoms with Crippen molar-refractivity contribution < 1.29 is 0 Å². The lowest BCUT2D eigenvalue weighted by Crippen LogP contribution is -2.27. The van der Waals surface area contributed by atoms with E-state index in [-0.39, 0.29) is 0 Å². The molecule has 2 N–H and O–H groups in total. The fraction of sp³-hybridized carbons (Fsp3) is 0.571. The molecule has 0 aromatic heterocycles. The Balaban J connectivity index is 1.99. The molecule has 0 amide bonds. The maximum Gasteiger partial charge on any atom is 0.0317 e. The molecule has 1 unspecified atom stereocenters. The predicted octanol–water partition coefficient (Wildman–Crippen LogP) is 3.16. The highest BCUT2D eigenvalue weighted by molar-refractivity contribution is 5.46. The molecule has 16 heavy (non-hydrogen) atoms. The molecule has 2 heteroatoms. The molecule has 1 aliphatic rings. The molecular formula is C14H22N2. The first-order valence-electron chi connectivity index (χ1n) is 6.32. The summed E-state index contributed by atoms with van der Waals surface area (Å²) >= 11 is 0. The summed E-state index contributed by atoms with van der Waals surface area (Å²) in [7, 11) is 0. The Labute approximate surface area is 98.4 Å². The van der Waals surface area contributed by atoms with Gasteiger partial charge in [0.25, 0.3) is 0 Å². The van der Waals surface area contributed by atoms with Gasteiger partial charge in [0, 0.05) is 24.8 Å². The van der Waals surface area contributed by atoms with Crippen LogP contribution >= 0.6 is 0 Å². The van der Waals surface area contributed by atoms with E-state index in [2.05, 4.69) is 30.9 Å². The Hall–Kier alpha value is -1.02. The van der Waals surface area contributed by atoms with Gasteiger partial charge >= 0.3 is 0 Å². The number of unbranched alkanes of at least 4 members (excludes halogenated alkanes) is 1. The molecule has 2 nitrogen and oxygen atoms in total. The van der Waals surface area contributed by atoms with Gasteiger partial charge in [-0.3, -0.25) is 4.90 Å². The summed E-state index contributed by atoms with van der Waals surface area (Å²) in [6.07, 6.45) is 3.92. The number of fused-ring (bicyclic) bond motifs is 1. The Bertz CT molecular complexity index is 360. The van der Waals surface area contributed by atoms with Crippen LogP contribution < -0.4 is 5.73 Å². The monoisotopic (exact) mass is 218 g/mol. The second-order valence-corrected chi connectivity index (χ2v) is 4.92. The summed E-state index contributed by atoms with van der Waals surface area (Å²) in [5.41, 5.74) is 9.58. The highest BCUT2D eigenvalue weighted by Crippen LogP contribution is 2.27. The molecule has 0 saturated heterocycles. The summed E-state index contributed by atoms with van der Waals surface area (Å²) in [4.78, 5) is 2.56. The lowest BCUT2D eigenvalue weighted by Gasteiger charge is -2.23. The molecule has 0 saturated carbocycles. The molecule has 0 radical (unpaired) electrons. The Morgan fingerprint density at radius 2 is 2.06 bits per heavy atom. The van der Waals surface area contributed by atoms with Gasteiger partial charge in [0.05, 0.1) is 0 Å². The molecule has 1 atom stereocenters. The molecule has 1 aromatic rings. The number of hydrogen-bond acceptors (Lipinski definition) is 2. The lowest BCUT2D eigenvalue weighted by atomic mass is 10.1. The van der Waals surface area contributed by atoms with Gasteiger partial charge in [-0.2, -0.15) is 0 Å². The van der Waals surface area contributed by atoms with Gasteiger partial charge in [-0.1, -0.05) is 25.8 Å². The van der Waals surface area contributed by atoms with Crippen LogP contribution in [-0.4, -0.2) is 10.9 Å². The van der Waals surface area contributed by atoms with Crippen LogP contribution in [-0.2, 0) is 13.1 Å². The smallest absolute Gasteiger partial charge is 0.0317 e. The van der Waals surface area contributed by atoms with E-state index in [0.29, 0.717) is 6.04 Å². The molecule has 0 spiro atoms. The van der Waals surface area contributed by atoms with Crippen molar-refractivity contribution in [3.63, 3.8) is 0 Å². The van der Waals surface area contributed by atoms with Crippen LogP contribution in [0.2, 0.25) is 0 Å². The Kier molecular flexibility index (Phi) is 3.49. The molecule has 1 aromatic carbocycles. The van der Waals surface area contributed by atoms with Crippen molar-refractivity contribution in [1.29, 1.82) is 0 Å². The first kappa shape index (κ1) is 11.5. The van der Waals surface area contributed by atoms with Gasteiger partial charge in [0.15, 0.2) is 0 Å². The van der Waals surface area contributed by atoms with Gasteiger partial charge in [0.2, 0.25) is 0 Å². The number of anilines is 1. The molecule has 2 rings (SSSR count). The SMILES string of the molecule is CCCCC(C)N1Cc2ccc(N)cc2C1. The number of hydrogen-bond donors (Lipinski definition) is 1. The normalized spacial score (nSPS) is 17.4. The number of rotatable bonds is 4. The molecule has 0 bridgehead atoms. The number of nitrogens with zero attached hydrogens (tertiary/aromatic N) is 1. The van der Waals surface area contributed by atoms with Crippen LogP contribution in [0.1, 0.15) is 44.2 Å². The molecule has 0 aliphatic carbocycles. The number of nitrogen functional groups attached to an aromatic ring is 1. The van der Waals surface area contributed by atoms with Crippen molar-refractivity contribution in [2.24, 2.45) is 0 Å². The predicted molar refractivity (Wildman–Crippen MR) is 69.1 cm³/mol. The van der Waals surface area contributed by atoms with E-state index in [4.69, 9.17) is 5.73 Å². The Morgan fingerprint density at radius 3 is 2.81 bits per heavy atom. The van der Waals surface area contributed by atoms with Crippen molar-refractivity contribution >= 4 is 5.69 Å². The van der Waals surface area contributed by atoms with Crippen molar-refractivity contribution in [3.8, 4) is 0 Å². The van der Waals surface area contributed by atoms with E-state index in [1.54, 1.807) is 0 Å². The van der Waals surface area contributed by atoms with E-state index in [1.807, 2.05) is 6.07 Å². The molecular weight excluding hydrogens is 196 g/mol. The van der Waals surface area contributed by atoms with E-state index in [9.17, 15) is 0 Å². The first-order valence-corrected chi connectivity index (χ1v) is 6.32. The summed E-state index contributed by atoms with van der Waals surface area (Å²) in [6, 6.07) is 7.01. The number of nitrogens with two attached hydrogens (primary N) is 1. The van der Waals surface area contributed by atoms with Crippen LogP contribution in [0, 0.1) is 0 Å². The average Bonchev–Trinajstić information content (AvgIpc) is 2.68. The van der Waals surface area contributed by atoms with Crippen LogP contribution in [0.25, 0.3) is 0 Å². The highest BCUT2D eigenvalue weighted by atomic mass is 15.2. The maximum atomic E-state index is 5.81. The molecule has 0 fully saturated rings. The first-order chi connectivity index (χ1) is 7.70. The van der Waals surface area contributed by atoms with Gasteiger partial charge in [-0.25, -0.2) is 0 Å². The van der Waals surface area contributed by atoms with Crippen LogP contribution in [0.4, 0.5) is 5.69 Å². The second kappa shape index (κ2) is 4.88. The zero-order valence-corrected chi connectivity index (χ0v) is 10.4. The van der Waals surface area contributed by atoms with E-state index in [1.165, 1.54) is 30.4 Å². The maximum absolute atomic E-state index is 5.81. The van der Waals surface area contributed by atoms with Crippen molar-refractivity contribution in [2.75, 3.05) is 5.73 Å². The quantitative estimate of drug-likeness (QED) is 0.787. The zero-order valence-electron chi connectivity index (χ0n) is 10.4. The van der Waals surface area contributed by atoms with E-state index in [0.717, 1.165) is 18.8 Å². The van der Waals surface area contributed by atoms with Crippen LogP contribution in [0.5, 0.6) is 0 Å². The molecule has 1 aliphatic heterocycles. The zero-order chi connectivity index (χ0) is 11.5. The number of benzene rings is 1. The minimum absolute atomic E-state index is 0.688. The van der Waals surface area contributed by atoms with Gasteiger partial charge in [-0.05, 0) is 36.6 Å². The largest absolute Gasteiger partial charge is 0.399 e. The summed E-state index contributed by atoms with van der Waals surface area (Å²) < 4.78 is 0. The third-order valence-electron chi connectivity index (χ3n) is 3.58. The average molecular weight is 218 g/mol. The van der Waals surface area contributed by atoms with Gasteiger partial charge in [0.1, 0.15) is 0 Å². The van der Waals surface area contributed by atoms with Crippen molar-refractivity contribution in [3.05, 3.63) is 29.3 Å². The minimum atomic E-state index is 0.688. The van der Waals surface area contributed by atoms with Crippen molar-refractivity contribution in [1.82, 2.24) is 4.90 Å². The lowest BCUT2D eigenvalue weighted by molar-refractivity contribution is 0.200. The van der Waals surface area contributed by atoms with Gasteiger partial charge < -0.3 is 5.73 Å². The molecule has 88 valence electrons.